The van der Waals surface area contributed by atoms with Crippen molar-refractivity contribution < 1.29 is 4.79 Å². The van der Waals surface area contributed by atoms with E-state index in [0.717, 1.165) is 50.3 Å². The van der Waals surface area contributed by atoms with Crippen molar-refractivity contribution in [3.05, 3.63) is 52.8 Å². The summed E-state index contributed by atoms with van der Waals surface area (Å²) < 4.78 is 0. The zero-order valence-corrected chi connectivity index (χ0v) is 15.3. The van der Waals surface area contributed by atoms with Gasteiger partial charge in [-0.05, 0) is 23.8 Å². The van der Waals surface area contributed by atoms with E-state index in [-0.39, 0.29) is 18.3 Å². The molecule has 1 aromatic carbocycles. The van der Waals surface area contributed by atoms with E-state index < -0.39 is 0 Å². The molecule has 1 aromatic heterocycles. The van der Waals surface area contributed by atoms with Gasteiger partial charge in [0.05, 0.1) is 0 Å². The molecule has 25 heavy (non-hydrogen) atoms. The van der Waals surface area contributed by atoms with Gasteiger partial charge in [-0.25, -0.2) is 0 Å². The number of carbonyl (C=O) groups excluding carboxylic acids is 1. The molecular weight excluding hydrogens is 336 g/mol. The highest BCUT2D eigenvalue weighted by Crippen LogP contribution is 2.33. The molecule has 3 heterocycles. The molecule has 0 bridgehead atoms. The summed E-state index contributed by atoms with van der Waals surface area (Å²) in [4.78, 5) is 14.9. The van der Waals surface area contributed by atoms with Gasteiger partial charge in [0.15, 0.2) is 5.69 Å². The van der Waals surface area contributed by atoms with E-state index in [1.165, 1.54) is 5.56 Å². The van der Waals surface area contributed by atoms with E-state index in [4.69, 9.17) is 0 Å². The van der Waals surface area contributed by atoms with E-state index in [2.05, 4.69) is 52.8 Å². The van der Waals surface area contributed by atoms with Crippen molar-refractivity contribution in [1.82, 2.24) is 20.4 Å². The van der Waals surface area contributed by atoms with Gasteiger partial charge in [0.2, 0.25) is 0 Å². The summed E-state index contributed by atoms with van der Waals surface area (Å²) in [6.07, 6.45) is 1.93. The van der Waals surface area contributed by atoms with E-state index in [9.17, 15) is 4.79 Å². The first-order valence-electron chi connectivity index (χ1n) is 8.85. The smallest absolute Gasteiger partial charge is 0.274 e. The number of aromatic amines is 1. The summed E-state index contributed by atoms with van der Waals surface area (Å²) in [5, 5.41) is 10.7. The number of fused-ring (bicyclic) bond motifs is 1. The molecule has 1 saturated heterocycles. The van der Waals surface area contributed by atoms with Crippen molar-refractivity contribution in [2.75, 3.05) is 19.6 Å². The normalized spacial score (nSPS) is 22.8. The number of piperidine rings is 1. The molecule has 5 nitrogen and oxygen atoms in total. The highest BCUT2D eigenvalue weighted by Gasteiger charge is 2.32. The van der Waals surface area contributed by atoms with Gasteiger partial charge in [-0.3, -0.25) is 9.89 Å². The number of hydrogen-bond donors (Lipinski definition) is 2. The third-order valence-corrected chi connectivity index (χ3v) is 5.43. The standard InChI is InChI=1S/C19H24N4O.ClH/c1-13-12-23(10-8-15(13)14-5-3-2-4-6-14)19(24)18-16-11-20-9-7-17(16)21-22-18;/h2-6,13,15,20H,7-12H2,1H3,(H,21,22);1H. The Morgan fingerprint density at radius 2 is 2.08 bits per heavy atom. The van der Waals surface area contributed by atoms with E-state index >= 15 is 0 Å². The molecule has 2 aliphatic heterocycles. The van der Waals surface area contributed by atoms with Crippen molar-refractivity contribution in [3.63, 3.8) is 0 Å². The number of H-pyrrole nitrogens is 1. The number of nitrogens with zero attached hydrogens (tertiary/aromatic N) is 2. The Morgan fingerprint density at radius 3 is 2.84 bits per heavy atom. The Morgan fingerprint density at radius 1 is 1.28 bits per heavy atom. The fraction of sp³-hybridized carbons (Fsp3) is 0.474. The fourth-order valence-corrected chi connectivity index (χ4v) is 4.08. The summed E-state index contributed by atoms with van der Waals surface area (Å²) in [6, 6.07) is 10.7. The second-order valence-electron chi connectivity index (χ2n) is 6.99. The first-order valence-corrected chi connectivity index (χ1v) is 8.85. The van der Waals surface area contributed by atoms with Gasteiger partial charge in [0, 0.05) is 43.9 Å². The van der Waals surface area contributed by atoms with Crippen LogP contribution >= 0.6 is 12.4 Å². The highest BCUT2D eigenvalue weighted by atomic mass is 35.5. The van der Waals surface area contributed by atoms with Crippen molar-refractivity contribution >= 4 is 18.3 Å². The average Bonchev–Trinajstić information content (AvgIpc) is 3.06. The minimum Gasteiger partial charge on any atom is -0.337 e. The number of halogens is 1. The summed E-state index contributed by atoms with van der Waals surface area (Å²) in [7, 11) is 0. The predicted molar refractivity (Wildman–Crippen MR) is 100 cm³/mol. The van der Waals surface area contributed by atoms with Crippen LogP contribution in [0.1, 0.15) is 46.6 Å². The maximum atomic E-state index is 12.9. The lowest BCUT2D eigenvalue weighted by atomic mass is 9.81. The fourth-order valence-electron chi connectivity index (χ4n) is 4.08. The van der Waals surface area contributed by atoms with Gasteiger partial charge in [-0.15, -0.1) is 12.4 Å². The third kappa shape index (κ3) is 3.44. The minimum absolute atomic E-state index is 0. The molecule has 0 radical (unpaired) electrons. The molecule has 134 valence electrons. The molecule has 0 aliphatic carbocycles. The Kier molecular flexibility index (Phi) is 5.45. The summed E-state index contributed by atoms with van der Waals surface area (Å²) in [5.41, 5.74) is 4.18. The number of likely N-dealkylation sites (tertiary alicyclic amines) is 1. The summed E-state index contributed by atoms with van der Waals surface area (Å²) in [5.74, 6) is 1.07. The van der Waals surface area contributed by atoms with Gasteiger partial charge < -0.3 is 10.2 Å². The van der Waals surface area contributed by atoms with Crippen LogP contribution in [0.15, 0.2) is 30.3 Å². The first kappa shape index (κ1) is 18.0. The number of hydrogen-bond acceptors (Lipinski definition) is 3. The van der Waals surface area contributed by atoms with Crippen LogP contribution in [0.5, 0.6) is 0 Å². The number of aromatic nitrogens is 2. The van der Waals surface area contributed by atoms with Crippen LogP contribution in [0.25, 0.3) is 0 Å². The Balaban J connectivity index is 0.00000182. The van der Waals surface area contributed by atoms with Gasteiger partial charge in [0.1, 0.15) is 0 Å². The first-order chi connectivity index (χ1) is 11.7. The Hall–Kier alpha value is -1.85. The zero-order chi connectivity index (χ0) is 16.5. The van der Waals surface area contributed by atoms with Crippen LogP contribution in [0.2, 0.25) is 0 Å². The van der Waals surface area contributed by atoms with Crippen molar-refractivity contribution in [2.24, 2.45) is 5.92 Å². The predicted octanol–water partition coefficient (Wildman–Crippen LogP) is 2.74. The maximum Gasteiger partial charge on any atom is 0.274 e. The minimum atomic E-state index is 0. The molecule has 0 spiro atoms. The number of nitrogens with one attached hydrogen (secondary N) is 2. The van der Waals surface area contributed by atoms with Crippen LogP contribution in [0.4, 0.5) is 0 Å². The largest absolute Gasteiger partial charge is 0.337 e. The lowest BCUT2D eigenvalue weighted by Gasteiger charge is -2.37. The molecule has 2 aromatic rings. The quantitative estimate of drug-likeness (QED) is 0.865. The van der Waals surface area contributed by atoms with E-state index in [1.54, 1.807) is 0 Å². The zero-order valence-electron chi connectivity index (χ0n) is 14.5. The van der Waals surface area contributed by atoms with Gasteiger partial charge >= 0.3 is 0 Å². The molecular formula is C19H25ClN4O. The van der Waals surface area contributed by atoms with Crippen LogP contribution in [-0.2, 0) is 13.0 Å². The molecule has 6 heteroatoms. The SMILES string of the molecule is CC1CN(C(=O)c2n[nH]c3c2CNCC3)CCC1c1ccccc1.Cl. The molecule has 2 unspecified atom stereocenters. The van der Waals surface area contributed by atoms with Crippen LogP contribution in [0.3, 0.4) is 0 Å². The van der Waals surface area contributed by atoms with Crippen molar-refractivity contribution in [2.45, 2.75) is 32.2 Å². The molecule has 4 rings (SSSR count). The summed E-state index contributed by atoms with van der Waals surface area (Å²) >= 11 is 0. The lowest BCUT2D eigenvalue weighted by molar-refractivity contribution is 0.0653. The number of benzene rings is 1. The van der Waals surface area contributed by atoms with Gasteiger partial charge in [-0.2, -0.15) is 5.10 Å². The number of carbonyl (C=O) groups is 1. The Bertz CT molecular complexity index is 730. The van der Waals surface area contributed by atoms with Gasteiger partial charge in [-0.1, -0.05) is 37.3 Å². The van der Waals surface area contributed by atoms with Gasteiger partial charge in [0.25, 0.3) is 5.91 Å². The van der Waals surface area contributed by atoms with E-state index in [1.807, 2.05) is 4.90 Å². The maximum absolute atomic E-state index is 12.9. The second kappa shape index (κ2) is 7.58. The third-order valence-electron chi connectivity index (χ3n) is 5.43. The van der Waals surface area contributed by atoms with Crippen molar-refractivity contribution in [1.29, 1.82) is 0 Å². The number of rotatable bonds is 2. The molecule has 1 fully saturated rings. The molecule has 0 saturated carbocycles. The average molecular weight is 361 g/mol. The molecule has 2 N–H and O–H groups in total. The van der Waals surface area contributed by atoms with E-state index in [0.29, 0.717) is 17.5 Å². The molecule has 2 aliphatic rings. The van der Waals surface area contributed by atoms with Crippen LogP contribution in [-0.4, -0.2) is 40.6 Å². The molecule has 1 amide bonds. The Labute approximate surface area is 154 Å². The molecule has 2 atom stereocenters. The van der Waals surface area contributed by atoms with Crippen LogP contribution in [0, 0.1) is 5.92 Å². The lowest BCUT2D eigenvalue weighted by Crippen LogP contribution is -2.42. The second-order valence-corrected chi connectivity index (χ2v) is 6.99. The number of amides is 1. The van der Waals surface area contributed by atoms with Crippen LogP contribution < -0.4 is 5.32 Å². The summed E-state index contributed by atoms with van der Waals surface area (Å²) in [6.45, 7) is 5.54. The van der Waals surface area contributed by atoms with Crippen molar-refractivity contribution in [3.8, 4) is 0 Å². The topological polar surface area (TPSA) is 61.0 Å². The highest BCUT2D eigenvalue weighted by molar-refractivity contribution is 5.94. The monoisotopic (exact) mass is 360 g/mol.